The molecule has 0 bridgehead atoms. The summed E-state index contributed by atoms with van der Waals surface area (Å²) in [5.41, 5.74) is -0.459. The third kappa shape index (κ3) is 10.4. The van der Waals surface area contributed by atoms with Crippen LogP contribution < -0.4 is 5.32 Å². The second-order valence-corrected chi connectivity index (χ2v) is 7.27. The summed E-state index contributed by atoms with van der Waals surface area (Å²) < 4.78 is 10.3. The van der Waals surface area contributed by atoms with E-state index in [1.807, 2.05) is 20.8 Å². The summed E-state index contributed by atoms with van der Waals surface area (Å²) in [7, 11) is 0. The Bertz CT molecular complexity index is 387. The van der Waals surface area contributed by atoms with Gasteiger partial charge in [0.15, 0.2) is 0 Å². The van der Waals surface area contributed by atoms with Crippen LogP contribution in [0.2, 0.25) is 0 Å². The fraction of sp³-hybridized carbons (Fsp3) is 0.882. The minimum atomic E-state index is -0.919. The molecular weight excluding hydrogens is 312 g/mol. The van der Waals surface area contributed by atoms with Gasteiger partial charge in [-0.25, -0.2) is 9.59 Å². The van der Waals surface area contributed by atoms with E-state index in [1.54, 1.807) is 0 Å². The number of carboxylic acid groups (broad SMARTS) is 1. The molecule has 0 aromatic heterocycles. The van der Waals surface area contributed by atoms with Gasteiger partial charge < -0.3 is 24.8 Å². The van der Waals surface area contributed by atoms with E-state index in [-0.39, 0.29) is 18.7 Å². The van der Waals surface area contributed by atoms with Crippen LogP contribution in [0.25, 0.3) is 0 Å². The summed E-state index contributed by atoms with van der Waals surface area (Å²) in [5.74, 6) is -0.919. The number of piperidine rings is 1. The highest BCUT2D eigenvalue weighted by atomic mass is 16.6. The molecule has 1 amide bonds. The molecule has 24 heavy (non-hydrogen) atoms. The van der Waals surface area contributed by atoms with Gasteiger partial charge in [0.1, 0.15) is 12.2 Å². The first-order valence-electron chi connectivity index (χ1n) is 8.77. The maximum absolute atomic E-state index is 11.8. The number of aliphatic carboxylic acids is 1. The van der Waals surface area contributed by atoms with Gasteiger partial charge in [-0.15, -0.1) is 0 Å². The molecular formula is C17H32N2O5. The van der Waals surface area contributed by atoms with E-state index in [2.05, 4.69) is 10.2 Å². The minimum absolute atomic E-state index is 0.195. The third-order valence-corrected chi connectivity index (χ3v) is 3.80. The molecule has 0 radical (unpaired) electrons. The van der Waals surface area contributed by atoms with E-state index < -0.39 is 11.6 Å². The molecule has 1 aliphatic rings. The molecule has 0 aromatic carbocycles. The van der Waals surface area contributed by atoms with Crippen LogP contribution >= 0.6 is 0 Å². The number of nitrogens with zero attached hydrogens (tertiary/aromatic N) is 1. The van der Waals surface area contributed by atoms with Crippen molar-refractivity contribution in [1.29, 1.82) is 0 Å². The van der Waals surface area contributed by atoms with Crippen LogP contribution in [0.5, 0.6) is 0 Å². The smallest absolute Gasteiger partial charge is 0.407 e. The zero-order valence-corrected chi connectivity index (χ0v) is 15.2. The van der Waals surface area contributed by atoms with Crippen LogP contribution in [0.1, 0.15) is 52.9 Å². The van der Waals surface area contributed by atoms with Gasteiger partial charge in [0.05, 0.1) is 0 Å². The van der Waals surface area contributed by atoms with Gasteiger partial charge in [0.2, 0.25) is 0 Å². The zero-order valence-electron chi connectivity index (χ0n) is 15.2. The van der Waals surface area contributed by atoms with Gasteiger partial charge >= 0.3 is 12.1 Å². The van der Waals surface area contributed by atoms with Gasteiger partial charge in [0.25, 0.3) is 0 Å². The first kappa shape index (κ1) is 20.7. The van der Waals surface area contributed by atoms with Crippen molar-refractivity contribution in [3.8, 4) is 0 Å². The fourth-order valence-electron chi connectivity index (χ4n) is 2.65. The van der Waals surface area contributed by atoms with Gasteiger partial charge in [-0.3, -0.25) is 0 Å². The Balaban J connectivity index is 2.03. The molecule has 0 saturated carbocycles. The molecule has 0 atom stereocenters. The summed E-state index contributed by atoms with van der Waals surface area (Å²) >= 11 is 0. The number of unbranched alkanes of at least 4 members (excludes halogenated alkanes) is 2. The number of nitrogens with one attached hydrogen (secondary N) is 1. The lowest BCUT2D eigenvalue weighted by molar-refractivity contribution is -0.142. The number of hydrogen-bond acceptors (Lipinski definition) is 5. The van der Waals surface area contributed by atoms with Crippen molar-refractivity contribution in [3.05, 3.63) is 0 Å². The van der Waals surface area contributed by atoms with Crippen LogP contribution in [-0.4, -0.2) is 66.6 Å². The summed E-state index contributed by atoms with van der Waals surface area (Å²) in [5, 5.41) is 11.4. The molecule has 140 valence electrons. The number of likely N-dealkylation sites (tertiary alicyclic amines) is 1. The Hall–Kier alpha value is -1.34. The quantitative estimate of drug-likeness (QED) is 0.624. The highest BCUT2D eigenvalue weighted by Gasteiger charge is 2.23. The minimum Gasteiger partial charge on any atom is -0.480 e. The number of hydrogen-bond donors (Lipinski definition) is 2. The van der Waals surface area contributed by atoms with Gasteiger partial charge in [-0.2, -0.15) is 0 Å². The molecule has 0 aromatic rings. The summed E-state index contributed by atoms with van der Waals surface area (Å²) in [4.78, 5) is 24.5. The Kier molecular flexibility index (Phi) is 9.07. The van der Waals surface area contributed by atoms with E-state index in [0.29, 0.717) is 6.61 Å². The van der Waals surface area contributed by atoms with Crippen molar-refractivity contribution in [1.82, 2.24) is 10.2 Å². The van der Waals surface area contributed by atoms with Gasteiger partial charge in [-0.1, -0.05) is 0 Å². The average molecular weight is 344 g/mol. The highest BCUT2D eigenvalue weighted by Crippen LogP contribution is 2.13. The van der Waals surface area contributed by atoms with E-state index in [4.69, 9.17) is 14.6 Å². The molecule has 0 unspecified atom stereocenters. The average Bonchev–Trinajstić information content (AvgIpc) is 2.45. The standard InChI is InChI=1S/C17H32N2O5/c1-17(2,3)24-16(22)18-14-7-10-19(11-8-14)9-5-4-6-12-23-13-15(20)21/h14H,4-13H2,1-3H3,(H,18,22)(H,20,21). The fourth-order valence-corrected chi connectivity index (χ4v) is 2.65. The zero-order chi connectivity index (χ0) is 18.0. The first-order valence-corrected chi connectivity index (χ1v) is 8.77. The number of rotatable bonds is 9. The summed E-state index contributed by atoms with van der Waals surface area (Å²) in [6.45, 7) is 8.89. The SMILES string of the molecule is CC(C)(C)OC(=O)NC1CCN(CCCCCOCC(=O)O)CC1. The molecule has 1 saturated heterocycles. The van der Waals surface area contributed by atoms with Gasteiger partial charge in [0, 0.05) is 25.7 Å². The predicted octanol–water partition coefficient (Wildman–Crippen LogP) is 2.25. The molecule has 1 heterocycles. The second-order valence-electron chi connectivity index (χ2n) is 7.27. The van der Waals surface area contributed by atoms with E-state index in [1.165, 1.54) is 0 Å². The Morgan fingerprint density at radius 2 is 1.83 bits per heavy atom. The normalized spacial score (nSPS) is 16.8. The Morgan fingerprint density at radius 3 is 2.42 bits per heavy atom. The Morgan fingerprint density at radius 1 is 1.17 bits per heavy atom. The maximum atomic E-state index is 11.8. The van der Waals surface area contributed by atoms with Crippen molar-refractivity contribution in [3.63, 3.8) is 0 Å². The van der Waals surface area contributed by atoms with Crippen LogP contribution in [0.15, 0.2) is 0 Å². The maximum Gasteiger partial charge on any atom is 0.407 e. The molecule has 1 rings (SSSR count). The van der Waals surface area contributed by atoms with Crippen molar-refractivity contribution >= 4 is 12.1 Å². The number of carbonyl (C=O) groups is 2. The topological polar surface area (TPSA) is 88.1 Å². The number of carbonyl (C=O) groups excluding carboxylic acids is 1. The largest absolute Gasteiger partial charge is 0.480 e. The van der Waals surface area contributed by atoms with Crippen LogP contribution in [-0.2, 0) is 14.3 Å². The molecule has 2 N–H and O–H groups in total. The first-order chi connectivity index (χ1) is 11.3. The second kappa shape index (κ2) is 10.5. The molecule has 0 aliphatic carbocycles. The molecule has 7 nitrogen and oxygen atoms in total. The van der Waals surface area contributed by atoms with Gasteiger partial charge in [-0.05, 0) is 59.4 Å². The third-order valence-electron chi connectivity index (χ3n) is 3.80. The molecule has 1 aliphatic heterocycles. The lowest BCUT2D eigenvalue weighted by Gasteiger charge is -2.32. The molecule has 1 fully saturated rings. The van der Waals surface area contributed by atoms with E-state index in [0.717, 1.165) is 51.7 Å². The number of carboxylic acids is 1. The number of ether oxygens (including phenoxy) is 2. The lowest BCUT2D eigenvalue weighted by Crippen LogP contribution is -2.46. The van der Waals surface area contributed by atoms with Crippen LogP contribution in [0.3, 0.4) is 0 Å². The van der Waals surface area contributed by atoms with Crippen molar-refractivity contribution in [2.24, 2.45) is 0 Å². The van der Waals surface area contributed by atoms with E-state index in [9.17, 15) is 9.59 Å². The number of amides is 1. The van der Waals surface area contributed by atoms with Crippen LogP contribution in [0.4, 0.5) is 4.79 Å². The molecule has 0 spiro atoms. The van der Waals surface area contributed by atoms with E-state index >= 15 is 0 Å². The van der Waals surface area contributed by atoms with Crippen molar-refractivity contribution in [2.45, 2.75) is 64.5 Å². The predicted molar refractivity (Wildman–Crippen MR) is 91.1 cm³/mol. The Labute approximate surface area is 144 Å². The summed E-state index contributed by atoms with van der Waals surface area (Å²) in [6.07, 6.45) is 4.57. The number of alkyl carbamates (subject to hydrolysis) is 1. The van der Waals surface area contributed by atoms with Crippen molar-refractivity contribution in [2.75, 3.05) is 32.8 Å². The monoisotopic (exact) mass is 344 g/mol. The highest BCUT2D eigenvalue weighted by molar-refractivity contribution is 5.68. The molecule has 7 heteroatoms. The van der Waals surface area contributed by atoms with Crippen LogP contribution in [0, 0.1) is 0 Å². The lowest BCUT2D eigenvalue weighted by atomic mass is 10.0. The summed E-state index contributed by atoms with van der Waals surface area (Å²) in [6, 6.07) is 0.195. The van der Waals surface area contributed by atoms with Crippen molar-refractivity contribution < 1.29 is 24.2 Å².